The Bertz CT molecular complexity index is 1230. The van der Waals surface area contributed by atoms with Crippen LogP contribution in [0.5, 0.6) is 11.5 Å². The van der Waals surface area contributed by atoms with Gasteiger partial charge in [-0.1, -0.05) is 53.8 Å². The van der Waals surface area contributed by atoms with Gasteiger partial charge >= 0.3 is 10.9 Å². The molecule has 0 aliphatic heterocycles. The average molecular weight is 404 g/mol. The number of methoxy groups -OCH3 is 1. The van der Waals surface area contributed by atoms with Crippen LogP contribution in [0.1, 0.15) is 5.56 Å². The van der Waals surface area contributed by atoms with E-state index >= 15 is 0 Å². The highest BCUT2D eigenvalue weighted by Crippen LogP contribution is 2.34. The van der Waals surface area contributed by atoms with Gasteiger partial charge in [-0.05, 0) is 35.4 Å². The van der Waals surface area contributed by atoms with Gasteiger partial charge in [-0.3, -0.25) is 0 Å². The zero-order valence-electron chi connectivity index (χ0n) is 15.5. The molecule has 0 amide bonds. The molecule has 0 aliphatic carbocycles. The van der Waals surface area contributed by atoms with Crippen LogP contribution in [0.25, 0.3) is 27.5 Å². The number of hydrogen-bond acceptors (Lipinski definition) is 6. The first-order valence-corrected chi connectivity index (χ1v) is 9.61. The fraction of sp³-hybridized carbons (Fsp3) is 0.0435. The van der Waals surface area contributed by atoms with Gasteiger partial charge < -0.3 is 13.9 Å². The molecule has 1 aromatic heterocycles. The second-order valence-electron chi connectivity index (χ2n) is 6.15. The maximum Gasteiger partial charge on any atom is 0.396 e. The third-order valence-electron chi connectivity index (χ3n) is 4.24. The van der Waals surface area contributed by atoms with Gasteiger partial charge in [0.05, 0.1) is 11.8 Å². The molecule has 0 radical (unpaired) electrons. The first kappa shape index (κ1) is 18.7. The molecule has 29 heavy (non-hydrogen) atoms. The van der Waals surface area contributed by atoms with Gasteiger partial charge in [0.2, 0.25) is 0 Å². The fourth-order valence-electron chi connectivity index (χ4n) is 2.87. The Hall–Kier alpha value is -3.64. The Morgan fingerprint density at radius 2 is 1.76 bits per heavy atom. The van der Waals surface area contributed by atoms with E-state index in [2.05, 4.69) is 0 Å². The molecule has 4 rings (SSSR count). The number of hydrogen-bond donors (Lipinski definition) is 0. The molecule has 3 aromatic carbocycles. The molecule has 0 saturated carbocycles. The standard InChI is InChI=1S/C23H16O5S/c1-26-17-10-7-15(8-11-17)9-12-21(24)27-18-13-19(16-5-3-2-4-6-16)22-20(14-18)29-23(25)28-22/h2-14H,1H3. The SMILES string of the molecule is COc1ccc(C=CC(=O)Oc2cc(-c3ccccc3)c3oc(=O)sc3c2)cc1. The molecule has 0 atom stereocenters. The van der Waals surface area contributed by atoms with E-state index in [4.69, 9.17) is 13.9 Å². The summed E-state index contributed by atoms with van der Waals surface area (Å²) in [5, 5.41) is 0. The summed E-state index contributed by atoms with van der Waals surface area (Å²) in [6.45, 7) is 0. The van der Waals surface area contributed by atoms with Crippen molar-refractivity contribution in [1.29, 1.82) is 0 Å². The van der Waals surface area contributed by atoms with E-state index in [1.807, 2.05) is 54.6 Å². The number of rotatable bonds is 5. The molecule has 0 aliphatic rings. The van der Waals surface area contributed by atoms with Crippen molar-refractivity contribution in [2.24, 2.45) is 0 Å². The number of esters is 1. The highest BCUT2D eigenvalue weighted by atomic mass is 32.1. The summed E-state index contributed by atoms with van der Waals surface area (Å²) in [6, 6.07) is 20.1. The van der Waals surface area contributed by atoms with Gasteiger partial charge in [0.1, 0.15) is 11.5 Å². The van der Waals surface area contributed by atoms with Crippen LogP contribution in [0.4, 0.5) is 0 Å². The minimum Gasteiger partial charge on any atom is -0.497 e. The summed E-state index contributed by atoms with van der Waals surface area (Å²) in [7, 11) is 1.60. The molecular weight excluding hydrogens is 388 g/mol. The smallest absolute Gasteiger partial charge is 0.396 e. The lowest BCUT2D eigenvalue weighted by molar-refractivity contribution is -0.128. The summed E-state index contributed by atoms with van der Waals surface area (Å²) in [5.41, 5.74) is 2.89. The zero-order chi connectivity index (χ0) is 20.2. The molecule has 0 bridgehead atoms. The Morgan fingerprint density at radius 1 is 1.00 bits per heavy atom. The van der Waals surface area contributed by atoms with E-state index < -0.39 is 10.9 Å². The third-order valence-corrected chi connectivity index (χ3v) is 5.01. The number of carbonyl (C=O) groups excluding carboxylic acids is 1. The van der Waals surface area contributed by atoms with E-state index in [0.717, 1.165) is 28.2 Å². The summed E-state index contributed by atoms with van der Waals surface area (Å²) in [4.78, 5) is 23.6. The zero-order valence-corrected chi connectivity index (χ0v) is 16.3. The van der Waals surface area contributed by atoms with Crippen LogP contribution in [0.2, 0.25) is 0 Å². The van der Waals surface area contributed by atoms with Crippen molar-refractivity contribution in [1.82, 2.24) is 0 Å². The largest absolute Gasteiger partial charge is 0.497 e. The van der Waals surface area contributed by atoms with Gasteiger partial charge in [-0.25, -0.2) is 9.59 Å². The summed E-state index contributed by atoms with van der Waals surface area (Å²) in [5.74, 6) is 0.568. The van der Waals surface area contributed by atoms with Gasteiger partial charge in [0.15, 0.2) is 5.58 Å². The van der Waals surface area contributed by atoms with E-state index in [1.54, 1.807) is 25.3 Å². The molecule has 0 N–H and O–H groups in total. The lowest BCUT2D eigenvalue weighted by atomic mass is 10.0. The Kier molecular flexibility index (Phi) is 5.27. The fourth-order valence-corrected chi connectivity index (χ4v) is 3.60. The van der Waals surface area contributed by atoms with Crippen LogP contribution in [0, 0.1) is 0 Å². The van der Waals surface area contributed by atoms with Crippen LogP contribution >= 0.6 is 11.3 Å². The van der Waals surface area contributed by atoms with Crippen molar-refractivity contribution >= 4 is 33.7 Å². The second-order valence-corrected chi connectivity index (χ2v) is 7.12. The molecule has 5 nitrogen and oxygen atoms in total. The molecule has 0 fully saturated rings. The van der Waals surface area contributed by atoms with Gasteiger partial charge in [-0.2, -0.15) is 0 Å². The number of ether oxygens (including phenoxy) is 2. The summed E-state index contributed by atoms with van der Waals surface area (Å²) >= 11 is 0.973. The lowest BCUT2D eigenvalue weighted by Gasteiger charge is -2.06. The summed E-state index contributed by atoms with van der Waals surface area (Å²) in [6.07, 6.45) is 3.01. The van der Waals surface area contributed by atoms with E-state index in [0.29, 0.717) is 21.6 Å². The lowest BCUT2D eigenvalue weighted by Crippen LogP contribution is -2.03. The molecular formula is C23H16O5S. The van der Waals surface area contributed by atoms with E-state index in [9.17, 15) is 9.59 Å². The van der Waals surface area contributed by atoms with Crippen molar-refractivity contribution in [2.45, 2.75) is 0 Å². The minimum atomic E-state index is -0.518. The molecule has 0 saturated heterocycles. The van der Waals surface area contributed by atoms with Crippen molar-refractivity contribution in [2.75, 3.05) is 7.11 Å². The monoisotopic (exact) mass is 404 g/mol. The van der Waals surface area contributed by atoms with Gasteiger partial charge in [0, 0.05) is 17.7 Å². The maximum absolute atomic E-state index is 12.3. The summed E-state index contributed by atoms with van der Waals surface area (Å²) < 4.78 is 16.5. The van der Waals surface area contributed by atoms with Crippen molar-refractivity contribution in [3.63, 3.8) is 0 Å². The average Bonchev–Trinajstić information content (AvgIpc) is 3.12. The first-order valence-electron chi connectivity index (χ1n) is 8.79. The van der Waals surface area contributed by atoms with Gasteiger partial charge in [-0.15, -0.1) is 0 Å². The first-order chi connectivity index (χ1) is 14.1. The van der Waals surface area contributed by atoms with Crippen molar-refractivity contribution < 1.29 is 18.7 Å². The van der Waals surface area contributed by atoms with E-state index in [1.165, 1.54) is 6.08 Å². The third kappa shape index (κ3) is 4.28. The highest BCUT2D eigenvalue weighted by Gasteiger charge is 2.14. The molecule has 0 unspecified atom stereocenters. The predicted molar refractivity (Wildman–Crippen MR) is 113 cm³/mol. The topological polar surface area (TPSA) is 65.7 Å². The van der Waals surface area contributed by atoms with Crippen molar-refractivity contribution in [3.8, 4) is 22.6 Å². The van der Waals surface area contributed by atoms with Crippen LogP contribution in [0.3, 0.4) is 0 Å². The highest BCUT2D eigenvalue weighted by molar-refractivity contribution is 7.16. The Labute approximate surface area is 170 Å². The quantitative estimate of drug-likeness (QED) is 0.261. The van der Waals surface area contributed by atoms with Crippen LogP contribution in [-0.4, -0.2) is 13.1 Å². The van der Waals surface area contributed by atoms with Crippen molar-refractivity contribution in [3.05, 3.63) is 88.1 Å². The number of benzene rings is 3. The van der Waals surface area contributed by atoms with Crippen LogP contribution in [0.15, 0.2) is 82.0 Å². The molecule has 4 aromatic rings. The molecule has 1 heterocycles. The van der Waals surface area contributed by atoms with Gasteiger partial charge in [0.25, 0.3) is 0 Å². The molecule has 0 spiro atoms. The Balaban J connectivity index is 1.61. The number of fused-ring (bicyclic) bond motifs is 1. The second kappa shape index (κ2) is 8.16. The number of carbonyl (C=O) groups is 1. The normalized spacial score (nSPS) is 11.1. The minimum absolute atomic E-state index is 0.345. The van der Waals surface area contributed by atoms with Crippen LogP contribution < -0.4 is 14.4 Å². The van der Waals surface area contributed by atoms with Crippen LogP contribution in [-0.2, 0) is 4.79 Å². The maximum atomic E-state index is 12.3. The molecule has 144 valence electrons. The molecule has 6 heteroatoms. The predicted octanol–water partition coefficient (Wildman–Crippen LogP) is 5.15. The van der Waals surface area contributed by atoms with E-state index in [-0.39, 0.29) is 0 Å². The Morgan fingerprint density at radius 3 is 2.48 bits per heavy atom.